The van der Waals surface area contributed by atoms with Crippen LogP contribution >= 0.6 is 11.8 Å². The van der Waals surface area contributed by atoms with E-state index in [0.717, 1.165) is 17.8 Å². The molecule has 214 valence electrons. The van der Waals surface area contributed by atoms with Gasteiger partial charge in [-0.2, -0.15) is 5.06 Å². The molecule has 2 aliphatic heterocycles. The van der Waals surface area contributed by atoms with Gasteiger partial charge < -0.3 is 19.1 Å². The predicted octanol–water partition coefficient (Wildman–Crippen LogP) is 5.54. The second kappa shape index (κ2) is 10.2. The van der Waals surface area contributed by atoms with Crippen LogP contribution in [-0.2, 0) is 14.4 Å². The number of fused-ring (bicyclic) bond motifs is 3. The number of carbonyl (C=O) groups excluding carboxylic acids is 2. The number of nitrogens with one attached hydrogen (secondary N) is 2. The van der Waals surface area contributed by atoms with Crippen molar-refractivity contribution in [2.75, 3.05) is 19.7 Å². The zero-order valence-electron chi connectivity index (χ0n) is 22.7. The first-order chi connectivity index (χ1) is 19.5. The summed E-state index contributed by atoms with van der Waals surface area (Å²) in [5.41, 5.74) is 1.49. The molecule has 2 N–H and O–H groups in total. The lowest BCUT2D eigenvalue weighted by atomic mass is 9.75. The average Bonchev–Trinajstić information content (AvgIpc) is 3.60. The second-order valence-corrected chi connectivity index (χ2v) is 11.8. The highest BCUT2D eigenvalue weighted by Gasteiger charge is 2.46. The summed E-state index contributed by atoms with van der Waals surface area (Å²) in [5.74, 6) is -2.86. The van der Waals surface area contributed by atoms with E-state index >= 15 is 0 Å². The molecule has 5 heterocycles. The van der Waals surface area contributed by atoms with Crippen molar-refractivity contribution < 1.29 is 32.4 Å². The molecule has 0 aliphatic carbocycles. The number of piperidine rings is 1. The number of aliphatic imine (C=N–C) groups is 1. The predicted molar refractivity (Wildman–Crippen MR) is 145 cm³/mol. The molecule has 0 bridgehead atoms. The molecule has 4 aromatic rings. The fourth-order valence-electron chi connectivity index (χ4n) is 5.24. The quantitative estimate of drug-likeness (QED) is 0.284. The van der Waals surface area contributed by atoms with Gasteiger partial charge in [0.2, 0.25) is 0 Å². The number of H-pyrrole nitrogens is 2. The maximum absolute atomic E-state index is 14.2. The molecule has 2 unspecified atom stereocenters. The zero-order valence-corrected chi connectivity index (χ0v) is 23.5. The number of halogens is 2. The van der Waals surface area contributed by atoms with Crippen molar-refractivity contribution in [1.82, 2.24) is 20.0 Å². The lowest BCUT2D eigenvalue weighted by Gasteiger charge is -2.39. The number of esters is 1. The molecule has 6 rings (SSSR count). The zero-order chi connectivity index (χ0) is 29.1. The minimum absolute atomic E-state index is 0.0205. The third kappa shape index (κ3) is 5.20. The molecule has 10 nitrogen and oxygen atoms in total. The van der Waals surface area contributed by atoms with Crippen molar-refractivity contribution in [3.8, 4) is 0 Å². The molecule has 1 fully saturated rings. The second-order valence-electron chi connectivity index (χ2n) is 10.8. The van der Waals surface area contributed by atoms with E-state index in [1.165, 1.54) is 6.07 Å². The highest BCUT2D eigenvalue weighted by atomic mass is 32.2. The summed E-state index contributed by atoms with van der Waals surface area (Å²) in [5, 5.41) is 2.32. The Morgan fingerprint density at radius 1 is 1.22 bits per heavy atom. The van der Waals surface area contributed by atoms with Crippen LogP contribution in [0.1, 0.15) is 55.4 Å². The number of hydrogen-bond donors (Lipinski definition) is 2. The number of furan rings is 1. The number of imidazole rings is 1. The van der Waals surface area contributed by atoms with Crippen molar-refractivity contribution in [2.45, 2.75) is 49.5 Å². The van der Waals surface area contributed by atoms with Gasteiger partial charge in [0.1, 0.15) is 17.1 Å². The SMILES string of the molecule is CCOC(=O)c1[nH]cc2c1N=C1CN(OC(C)(C)C)CC(=O)C1C2c1ccc(Sc2nc3c(F)cc(F)cc3[nH]2)o1. The monoisotopic (exact) mass is 583 g/mol. The van der Waals surface area contributed by atoms with E-state index in [4.69, 9.17) is 19.0 Å². The molecule has 41 heavy (non-hydrogen) atoms. The smallest absolute Gasteiger partial charge is 0.357 e. The van der Waals surface area contributed by atoms with E-state index in [1.807, 2.05) is 20.8 Å². The normalized spacial score (nSPS) is 19.3. The number of nitrogens with zero attached hydrogens (tertiary/aromatic N) is 3. The van der Waals surface area contributed by atoms with Crippen molar-refractivity contribution in [1.29, 1.82) is 0 Å². The Kier molecular flexibility index (Phi) is 6.83. The van der Waals surface area contributed by atoms with E-state index in [9.17, 15) is 18.4 Å². The van der Waals surface area contributed by atoms with Gasteiger partial charge >= 0.3 is 5.97 Å². The maximum Gasteiger partial charge on any atom is 0.357 e. The van der Waals surface area contributed by atoms with Crippen LogP contribution in [0.5, 0.6) is 0 Å². The summed E-state index contributed by atoms with van der Waals surface area (Å²) < 4.78 is 39.2. The van der Waals surface area contributed by atoms with Crippen molar-refractivity contribution >= 4 is 45.9 Å². The Morgan fingerprint density at radius 3 is 2.78 bits per heavy atom. The molecule has 0 amide bonds. The van der Waals surface area contributed by atoms with Gasteiger partial charge in [-0.3, -0.25) is 14.6 Å². The van der Waals surface area contributed by atoms with Gasteiger partial charge in [-0.05, 0) is 57.7 Å². The Labute approximate surface area is 237 Å². The molecule has 2 atom stereocenters. The molecule has 13 heteroatoms. The number of aromatic nitrogens is 3. The molecule has 0 saturated carbocycles. The van der Waals surface area contributed by atoms with Crippen LogP contribution in [0, 0.1) is 17.6 Å². The molecule has 2 aliphatic rings. The standard InChI is InChI=1S/C28H27F2N5O5S/c1-5-38-26(37)25-23-14(10-31-25)21(22-17(32-23)11-35(12-18(22)36)40-28(2,3)4)19-6-7-20(39-19)41-27-33-16-9-13(29)8-15(30)24(16)34-27/h6-10,21-22,31H,5,11-12H2,1-4H3,(H,33,34). The molecule has 0 spiro atoms. The topological polar surface area (TPSA) is 126 Å². The van der Waals surface area contributed by atoms with Gasteiger partial charge in [0.25, 0.3) is 0 Å². The van der Waals surface area contributed by atoms with E-state index in [0.29, 0.717) is 33.0 Å². The molecule has 1 saturated heterocycles. The van der Waals surface area contributed by atoms with Crippen LogP contribution in [-0.4, -0.2) is 62.8 Å². The van der Waals surface area contributed by atoms with Crippen LogP contribution < -0.4 is 0 Å². The summed E-state index contributed by atoms with van der Waals surface area (Å²) >= 11 is 1.10. The number of aromatic amines is 2. The lowest BCUT2D eigenvalue weighted by molar-refractivity contribution is -0.222. The summed E-state index contributed by atoms with van der Waals surface area (Å²) in [4.78, 5) is 47.1. The summed E-state index contributed by atoms with van der Waals surface area (Å²) in [6, 6.07) is 5.42. The Balaban J connectivity index is 1.36. The summed E-state index contributed by atoms with van der Waals surface area (Å²) in [6.07, 6.45) is 1.66. The Morgan fingerprint density at radius 2 is 2.02 bits per heavy atom. The fraction of sp³-hybridized carbons (Fsp3) is 0.357. The number of hydrogen-bond acceptors (Lipinski definition) is 9. The van der Waals surface area contributed by atoms with Crippen LogP contribution in [0.15, 0.2) is 50.1 Å². The van der Waals surface area contributed by atoms with E-state index in [-0.39, 0.29) is 42.2 Å². The van der Waals surface area contributed by atoms with Gasteiger partial charge in [-0.1, -0.05) is 0 Å². The number of hydroxylamine groups is 2. The number of rotatable bonds is 6. The summed E-state index contributed by atoms with van der Waals surface area (Å²) in [6.45, 7) is 7.92. The first kappa shape index (κ1) is 27.4. The van der Waals surface area contributed by atoms with E-state index in [2.05, 4.69) is 15.0 Å². The molecular weight excluding hydrogens is 556 g/mol. The highest BCUT2D eigenvalue weighted by molar-refractivity contribution is 7.99. The fourth-order valence-corrected chi connectivity index (χ4v) is 6.00. The minimum atomic E-state index is -0.769. The van der Waals surface area contributed by atoms with E-state index < -0.39 is 35.0 Å². The third-order valence-corrected chi connectivity index (χ3v) is 7.46. The third-order valence-electron chi connectivity index (χ3n) is 6.65. The van der Waals surface area contributed by atoms with Gasteiger partial charge in [-0.15, -0.1) is 0 Å². The van der Waals surface area contributed by atoms with Crippen molar-refractivity contribution in [3.05, 3.63) is 59.1 Å². The minimum Gasteiger partial charge on any atom is -0.461 e. The number of ketones is 1. The largest absolute Gasteiger partial charge is 0.461 e. The van der Waals surface area contributed by atoms with E-state index in [1.54, 1.807) is 30.3 Å². The first-order valence-corrected chi connectivity index (χ1v) is 13.9. The van der Waals surface area contributed by atoms with Gasteiger partial charge in [-0.25, -0.2) is 18.6 Å². The number of carbonyl (C=O) groups is 2. The maximum atomic E-state index is 14.2. The number of ether oxygens (including phenoxy) is 1. The lowest BCUT2D eigenvalue weighted by Crippen LogP contribution is -2.52. The van der Waals surface area contributed by atoms with Gasteiger partial charge in [0.05, 0.1) is 48.3 Å². The van der Waals surface area contributed by atoms with Crippen LogP contribution in [0.25, 0.3) is 11.0 Å². The van der Waals surface area contributed by atoms with Crippen molar-refractivity contribution in [2.24, 2.45) is 10.9 Å². The van der Waals surface area contributed by atoms with Crippen LogP contribution in [0.4, 0.5) is 14.5 Å². The number of Topliss-reactive ketones (excluding diaryl/α,β-unsaturated/α-hetero) is 1. The summed E-state index contributed by atoms with van der Waals surface area (Å²) in [7, 11) is 0. The first-order valence-electron chi connectivity index (χ1n) is 13.1. The van der Waals surface area contributed by atoms with Gasteiger partial charge in [0, 0.05) is 23.5 Å². The molecular formula is C28H27F2N5O5S. The molecule has 3 aromatic heterocycles. The van der Waals surface area contributed by atoms with Crippen molar-refractivity contribution in [3.63, 3.8) is 0 Å². The number of benzene rings is 1. The van der Waals surface area contributed by atoms with Gasteiger partial charge in [0.15, 0.2) is 27.5 Å². The Hall–Kier alpha value is -3.81. The Bertz CT molecular complexity index is 1700. The molecule has 0 radical (unpaired) electrons. The molecule has 1 aromatic carbocycles. The highest BCUT2D eigenvalue weighted by Crippen LogP contribution is 2.47. The average molecular weight is 584 g/mol. The van der Waals surface area contributed by atoms with Crippen LogP contribution in [0.3, 0.4) is 0 Å². The van der Waals surface area contributed by atoms with Crippen LogP contribution in [0.2, 0.25) is 0 Å².